The van der Waals surface area contributed by atoms with E-state index in [4.69, 9.17) is 23.2 Å². The van der Waals surface area contributed by atoms with Crippen LogP contribution in [0.2, 0.25) is 10.0 Å². The molecule has 0 fully saturated rings. The molecule has 7 heteroatoms. The van der Waals surface area contributed by atoms with Crippen LogP contribution in [0.25, 0.3) is 0 Å². The quantitative estimate of drug-likeness (QED) is 0.502. The number of hydrogen-bond acceptors (Lipinski definition) is 2. The van der Waals surface area contributed by atoms with Crippen molar-refractivity contribution in [2.45, 2.75) is 9.79 Å². The van der Waals surface area contributed by atoms with Gasteiger partial charge in [-0.2, -0.15) is 0 Å². The summed E-state index contributed by atoms with van der Waals surface area (Å²) < 4.78 is 26.3. The second-order valence-corrected chi connectivity index (χ2v) is 8.74. The van der Waals surface area contributed by atoms with Crippen molar-refractivity contribution in [2.24, 2.45) is 0 Å². The number of hydrogen-bond donors (Lipinski definition) is 0. The molecule has 0 aliphatic carbocycles. The molecule has 100 valence electrons. The van der Waals surface area contributed by atoms with E-state index in [0.29, 0.717) is 17.2 Å². The van der Waals surface area contributed by atoms with Crippen molar-refractivity contribution in [3.63, 3.8) is 0 Å². The SMILES string of the molecule is O=S(=O)(c1ccc(Cl)c(I)c1)c1ccc(Cl)c(I)c1. The van der Waals surface area contributed by atoms with Crippen LogP contribution in [0.15, 0.2) is 46.2 Å². The van der Waals surface area contributed by atoms with Crippen LogP contribution in [0.1, 0.15) is 0 Å². The maximum absolute atomic E-state index is 12.5. The Bertz CT molecular complexity index is 688. The monoisotopic (exact) mass is 538 g/mol. The van der Waals surface area contributed by atoms with E-state index in [2.05, 4.69) is 0 Å². The molecule has 0 bridgehead atoms. The van der Waals surface area contributed by atoms with E-state index in [9.17, 15) is 8.42 Å². The molecule has 2 aromatic rings. The highest BCUT2D eigenvalue weighted by Gasteiger charge is 2.19. The lowest BCUT2D eigenvalue weighted by atomic mass is 10.4. The molecule has 2 nitrogen and oxygen atoms in total. The summed E-state index contributed by atoms with van der Waals surface area (Å²) in [6, 6.07) is 9.27. The summed E-state index contributed by atoms with van der Waals surface area (Å²) in [5, 5.41) is 1.07. The van der Waals surface area contributed by atoms with Crippen molar-refractivity contribution in [3.05, 3.63) is 53.6 Å². The molecule has 2 aromatic carbocycles. The van der Waals surface area contributed by atoms with Crippen LogP contribution in [0.4, 0.5) is 0 Å². The molecular weight excluding hydrogens is 533 g/mol. The highest BCUT2D eigenvalue weighted by atomic mass is 127. The van der Waals surface area contributed by atoms with Crippen LogP contribution in [0.3, 0.4) is 0 Å². The van der Waals surface area contributed by atoms with Crippen molar-refractivity contribution in [3.8, 4) is 0 Å². The zero-order valence-corrected chi connectivity index (χ0v) is 15.8. The largest absolute Gasteiger partial charge is 0.219 e. The van der Waals surface area contributed by atoms with Crippen molar-refractivity contribution in [1.82, 2.24) is 0 Å². The molecule has 0 saturated carbocycles. The van der Waals surface area contributed by atoms with Gasteiger partial charge in [-0.05, 0) is 81.6 Å². The van der Waals surface area contributed by atoms with Crippen LogP contribution in [-0.4, -0.2) is 8.42 Å². The van der Waals surface area contributed by atoms with Crippen LogP contribution in [0, 0.1) is 7.14 Å². The summed E-state index contributed by atoms with van der Waals surface area (Å²) in [7, 11) is -3.54. The first kappa shape index (κ1) is 15.8. The van der Waals surface area contributed by atoms with Gasteiger partial charge in [0.25, 0.3) is 0 Å². The summed E-state index contributed by atoms with van der Waals surface area (Å²) in [6.45, 7) is 0. The van der Waals surface area contributed by atoms with Crippen molar-refractivity contribution < 1.29 is 8.42 Å². The van der Waals surface area contributed by atoms with Gasteiger partial charge in [-0.25, -0.2) is 8.42 Å². The number of benzene rings is 2. The van der Waals surface area contributed by atoms with Crippen LogP contribution >= 0.6 is 68.4 Å². The van der Waals surface area contributed by atoms with Gasteiger partial charge in [0.1, 0.15) is 0 Å². The smallest absolute Gasteiger partial charge is 0.206 e. The number of halogens is 4. The van der Waals surface area contributed by atoms with Crippen molar-refractivity contribution in [1.29, 1.82) is 0 Å². The zero-order chi connectivity index (χ0) is 14.2. The average Bonchev–Trinajstić information content (AvgIpc) is 2.35. The number of rotatable bonds is 2. The van der Waals surface area contributed by atoms with Crippen LogP contribution in [0.5, 0.6) is 0 Å². The lowest BCUT2D eigenvalue weighted by Crippen LogP contribution is -2.02. The van der Waals surface area contributed by atoms with Gasteiger partial charge in [0.05, 0.1) is 19.8 Å². The summed E-state index contributed by atoms with van der Waals surface area (Å²) in [6.07, 6.45) is 0. The molecule has 0 saturated heterocycles. The molecule has 2 rings (SSSR count). The molecule has 0 radical (unpaired) electrons. The fraction of sp³-hybridized carbons (Fsp3) is 0. The molecule has 0 aliphatic rings. The molecule has 0 amide bonds. The minimum absolute atomic E-state index is 0.222. The van der Waals surface area contributed by atoms with E-state index in [1.54, 1.807) is 24.3 Å². The summed E-state index contributed by atoms with van der Waals surface area (Å²) in [4.78, 5) is 0.443. The summed E-state index contributed by atoms with van der Waals surface area (Å²) in [5.41, 5.74) is 0. The van der Waals surface area contributed by atoms with Gasteiger partial charge in [-0.3, -0.25) is 0 Å². The van der Waals surface area contributed by atoms with Gasteiger partial charge >= 0.3 is 0 Å². The maximum Gasteiger partial charge on any atom is 0.206 e. The van der Waals surface area contributed by atoms with Crippen molar-refractivity contribution >= 4 is 78.2 Å². The predicted octanol–water partition coefficient (Wildman–Crippen LogP) is 5.04. The topological polar surface area (TPSA) is 34.1 Å². The van der Waals surface area contributed by atoms with Crippen LogP contribution < -0.4 is 0 Å². The Hall–Kier alpha value is 0.430. The van der Waals surface area contributed by atoms with E-state index in [0.717, 1.165) is 0 Å². The van der Waals surface area contributed by atoms with E-state index in [1.807, 2.05) is 45.2 Å². The van der Waals surface area contributed by atoms with Crippen molar-refractivity contribution in [2.75, 3.05) is 0 Å². The van der Waals surface area contributed by atoms with Gasteiger partial charge in [0, 0.05) is 7.14 Å². The lowest BCUT2D eigenvalue weighted by Gasteiger charge is -2.07. The van der Waals surface area contributed by atoms with E-state index < -0.39 is 9.84 Å². The molecule has 0 heterocycles. The third-order valence-electron chi connectivity index (χ3n) is 2.40. The lowest BCUT2D eigenvalue weighted by molar-refractivity contribution is 0.596. The normalized spacial score (nSPS) is 11.6. The molecule has 0 N–H and O–H groups in total. The van der Waals surface area contributed by atoms with E-state index >= 15 is 0 Å². The van der Waals surface area contributed by atoms with Gasteiger partial charge < -0.3 is 0 Å². The zero-order valence-electron chi connectivity index (χ0n) is 9.20. The molecule has 0 atom stereocenters. The maximum atomic E-state index is 12.5. The predicted molar refractivity (Wildman–Crippen MR) is 93.8 cm³/mol. The Labute approximate surface area is 148 Å². The second-order valence-electron chi connectivity index (χ2n) is 3.66. The molecular formula is C12H6Cl2I2O2S. The standard InChI is InChI=1S/C12H6Cl2I2O2S/c13-9-3-1-7(5-11(9)15)19(17,18)8-2-4-10(14)12(16)6-8/h1-6H. The molecule has 0 unspecified atom stereocenters. The average molecular weight is 539 g/mol. The Morgan fingerprint density at radius 2 is 1.16 bits per heavy atom. The van der Waals surface area contributed by atoms with Gasteiger partial charge in [-0.1, -0.05) is 23.2 Å². The van der Waals surface area contributed by atoms with Gasteiger partial charge in [0.2, 0.25) is 9.84 Å². The summed E-state index contributed by atoms with van der Waals surface area (Å²) in [5.74, 6) is 0. The Balaban J connectivity index is 2.58. The minimum atomic E-state index is -3.54. The molecule has 19 heavy (non-hydrogen) atoms. The Morgan fingerprint density at radius 1 is 0.789 bits per heavy atom. The van der Waals surface area contributed by atoms with E-state index in [-0.39, 0.29) is 9.79 Å². The van der Waals surface area contributed by atoms with Gasteiger partial charge in [0.15, 0.2) is 0 Å². The van der Waals surface area contributed by atoms with Crippen LogP contribution in [-0.2, 0) is 9.84 Å². The molecule has 0 aromatic heterocycles. The van der Waals surface area contributed by atoms with Gasteiger partial charge in [-0.15, -0.1) is 0 Å². The Morgan fingerprint density at radius 3 is 1.47 bits per heavy atom. The first-order valence-electron chi connectivity index (χ1n) is 4.97. The summed E-state index contributed by atoms with van der Waals surface area (Å²) >= 11 is 15.8. The first-order chi connectivity index (χ1) is 8.82. The third kappa shape index (κ3) is 3.37. The highest BCUT2D eigenvalue weighted by Crippen LogP contribution is 2.29. The third-order valence-corrected chi connectivity index (χ3v) is 7.23. The minimum Gasteiger partial charge on any atom is -0.219 e. The fourth-order valence-corrected chi connectivity index (χ4v) is 4.42. The second kappa shape index (κ2) is 6.05. The van der Waals surface area contributed by atoms with E-state index in [1.165, 1.54) is 12.1 Å². The first-order valence-corrected chi connectivity index (χ1v) is 9.37. The molecule has 0 spiro atoms. The Kier molecular flexibility index (Phi) is 5.03. The highest BCUT2D eigenvalue weighted by molar-refractivity contribution is 14.1. The number of sulfone groups is 1. The fourth-order valence-electron chi connectivity index (χ4n) is 1.42. The molecule has 0 aliphatic heterocycles.